The van der Waals surface area contributed by atoms with Gasteiger partial charge in [-0.25, -0.2) is 0 Å². The molecule has 1 fully saturated rings. The highest BCUT2D eigenvalue weighted by Crippen LogP contribution is 2.16. The maximum Gasteiger partial charge on any atom is 0.0749 e. The van der Waals surface area contributed by atoms with E-state index in [2.05, 4.69) is 18.9 Å². The molecule has 0 aromatic rings. The number of hydrogen-bond acceptors (Lipinski definition) is 3. The summed E-state index contributed by atoms with van der Waals surface area (Å²) in [6.45, 7) is 3.24. The van der Waals surface area contributed by atoms with Gasteiger partial charge in [0.25, 0.3) is 0 Å². The van der Waals surface area contributed by atoms with Gasteiger partial charge in [0.15, 0.2) is 0 Å². The van der Waals surface area contributed by atoms with E-state index in [-0.39, 0.29) is 12.1 Å². The molecule has 2 N–H and O–H groups in total. The van der Waals surface area contributed by atoms with E-state index in [1.165, 1.54) is 0 Å². The highest BCUT2D eigenvalue weighted by atomic mass is 16.5. The van der Waals surface area contributed by atoms with Crippen LogP contribution in [0.1, 0.15) is 13.3 Å². The Labute approximate surface area is 68.5 Å². The first-order chi connectivity index (χ1) is 5.16. The Kier molecular flexibility index (Phi) is 2.87. The average molecular weight is 158 g/mol. The molecule has 3 heteroatoms. The molecule has 1 aliphatic heterocycles. The summed E-state index contributed by atoms with van der Waals surface area (Å²) in [5, 5.41) is 0. The molecule has 3 unspecified atom stereocenters. The fourth-order valence-corrected chi connectivity index (χ4v) is 1.61. The van der Waals surface area contributed by atoms with Crippen LogP contribution in [0.15, 0.2) is 0 Å². The zero-order valence-corrected chi connectivity index (χ0v) is 7.58. The van der Waals surface area contributed by atoms with Crippen molar-refractivity contribution in [3.63, 3.8) is 0 Å². The van der Waals surface area contributed by atoms with Crippen LogP contribution in [0.2, 0.25) is 0 Å². The first-order valence-corrected chi connectivity index (χ1v) is 4.15. The van der Waals surface area contributed by atoms with Gasteiger partial charge < -0.3 is 15.4 Å². The Morgan fingerprint density at radius 1 is 1.55 bits per heavy atom. The smallest absolute Gasteiger partial charge is 0.0749 e. The van der Waals surface area contributed by atoms with Crippen molar-refractivity contribution in [3.8, 4) is 0 Å². The third-order valence-electron chi connectivity index (χ3n) is 2.75. The van der Waals surface area contributed by atoms with E-state index >= 15 is 0 Å². The molecule has 3 atom stereocenters. The van der Waals surface area contributed by atoms with Crippen LogP contribution < -0.4 is 5.73 Å². The van der Waals surface area contributed by atoms with Gasteiger partial charge in [-0.2, -0.15) is 0 Å². The number of nitrogens with two attached hydrogens (primary N) is 1. The second kappa shape index (κ2) is 3.52. The van der Waals surface area contributed by atoms with Crippen LogP contribution in [0.25, 0.3) is 0 Å². The lowest BCUT2D eigenvalue weighted by molar-refractivity contribution is 0.00718. The molecule has 0 radical (unpaired) electrons. The minimum atomic E-state index is 0.166. The molecular formula is C8H18N2O. The van der Waals surface area contributed by atoms with Crippen LogP contribution in [0.5, 0.6) is 0 Å². The van der Waals surface area contributed by atoms with Crippen LogP contribution in [0.4, 0.5) is 0 Å². The predicted molar refractivity (Wildman–Crippen MR) is 45.5 cm³/mol. The van der Waals surface area contributed by atoms with Crippen molar-refractivity contribution < 1.29 is 4.74 Å². The summed E-state index contributed by atoms with van der Waals surface area (Å²) >= 11 is 0. The van der Waals surface area contributed by atoms with E-state index in [1.54, 1.807) is 7.11 Å². The largest absolute Gasteiger partial charge is 0.380 e. The van der Waals surface area contributed by atoms with Gasteiger partial charge in [0.1, 0.15) is 0 Å². The molecule has 0 spiro atoms. The van der Waals surface area contributed by atoms with Crippen molar-refractivity contribution in [2.24, 2.45) is 5.73 Å². The highest BCUT2D eigenvalue weighted by molar-refractivity contribution is 4.88. The molecule has 0 amide bonds. The van der Waals surface area contributed by atoms with Crippen LogP contribution >= 0.6 is 0 Å². The minimum absolute atomic E-state index is 0.166. The Bertz CT molecular complexity index is 127. The van der Waals surface area contributed by atoms with Crippen molar-refractivity contribution in [2.45, 2.75) is 31.5 Å². The summed E-state index contributed by atoms with van der Waals surface area (Å²) in [6, 6.07) is 0.604. The Morgan fingerprint density at radius 3 is 2.73 bits per heavy atom. The summed E-state index contributed by atoms with van der Waals surface area (Å²) < 4.78 is 5.27. The molecule has 66 valence electrons. The van der Waals surface area contributed by atoms with Crippen LogP contribution in [0, 0.1) is 0 Å². The summed E-state index contributed by atoms with van der Waals surface area (Å²) in [5.74, 6) is 0. The van der Waals surface area contributed by atoms with Crippen molar-refractivity contribution >= 4 is 0 Å². The van der Waals surface area contributed by atoms with Gasteiger partial charge in [-0.1, -0.05) is 0 Å². The van der Waals surface area contributed by atoms with Gasteiger partial charge in [-0.15, -0.1) is 0 Å². The van der Waals surface area contributed by atoms with Crippen LogP contribution in [-0.4, -0.2) is 43.8 Å². The Balaban J connectivity index is 2.52. The molecule has 0 bridgehead atoms. The number of nitrogens with zero attached hydrogens (tertiary/aromatic N) is 1. The molecule has 1 saturated heterocycles. The normalized spacial score (nSPS) is 40.9. The zero-order valence-electron chi connectivity index (χ0n) is 7.58. The third kappa shape index (κ3) is 1.72. The average Bonchev–Trinajstić information content (AvgIpc) is 2.01. The SMILES string of the molecule is COC1CCN(C)C(C)C1N. The molecular weight excluding hydrogens is 140 g/mol. The maximum absolute atomic E-state index is 5.96. The fourth-order valence-electron chi connectivity index (χ4n) is 1.61. The molecule has 1 aliphatic rings. The van der Waals surface area contributed by atoms with Crippen molar-refractivity contribution in [1.29, 1.82) is 0 Å². The topological polar surface area (TPSA) is 38.5 Å². The highest BCUT2D eigenvalue weighted by Gasteiger charge is 2.30. The van der Waals surface area contributed by atoms with Crippen LogP contribution in [0.3, 0.4) is 0 Å². The summed E-state index contributed by atoms with van der Waals surface area (Å²) in [6.07, 6.45) is 1.31. The van der Waals surface area contributed by atoms with Gasteiger partial charge in [0.2, 0.25) is 0 Å². The molecule has 1 heterocycles. The maximum atomic E-state index is 5.96. The van der Waals surface area contributed by atoms with E-state index in [0.717, 1.165) is 13.0 Å². The lowest BCUT2D eigenvalue weighted by Gasteiger charge is -2.39. The van der Waals surface area contributed by atoms with Gasteiger partial charge in [0.05, 0.1) is 6.10 Å². The molecule has 0 aliphatic carbocycles. The third-order valence-corrected chi connectivity index (χ3v) is 2.75. The van der Waals surface area contributed by atoms with Gasteiger partial charge in [-0.05, 0) is 20.4 Å². The fraction of sp³-hybridized carbons (Fsp3) is 1.00. The molecule has 0 aromatic heterocycles. The predicted octanol–water partition coefficient (Wildman–Crippen LogP) is 0.0527. The molecule has 1 rings (SSSR count). The van der Waals surface area contributed by atoms with E-state index in [4.69, 9.17) is 10.5 Å². The van der Waals surface area contributed by atoms with E-state index in [9.17, 15) is 0 Å². The first-order valence-electron chi connectivity index (χ1n) is 4.15. The van der Waals surface area contributed by atoms with Crippen LogP contribution in [-0.2, 0) is 4.74 Å². The zero-order chi connectivity index (χ0) is 8.43. The molecule has 0 saturated carbocycles. The number of likely N-dealkylation sites (N-methyl/N-ethyl adjacent to an activating group) is 1. The van der Waals surface area contributed by atoms with E-state index < -0.39 is 0 Å². The van der Waals surface area contributed by atoms with E-state index in [1.807, 2.05) is 0 Å². The molecule has 3 nitrogen and oxygen atoms in total. The Hall–Kier alpha value is -0.120. The van der Waals surface area contributed by atoms with Gasteiger partial charge in [0, 0.05) is 25.7 Å². The monoisotopic (exact) mass is 158 g/mol. The van der Waals surface area contributed by atoms with Crippen molar-refractivity contribution in [2.75, 3.05) is 20.7 Å². The standard InChI is InChI=1S/C8H18N2O/c1-6-8(9)7(11-3)4-5-10(6)2/h6-8H,4-5,9H2,1-3H3. The van der Waals surface area contributed by atoms with Gasteiger partial charge in [-0.3, -0.25) is 0 Å². The molecule has 11 heavy (non-hydrogen) atoms. The number of hydrogen-bond donors (Lipinski definition) is 1. The lowest BCUT2D eigenvalue weighted by Crippen LogP contribution is -2.56. The van der Waals surface area contributed by atoms with Gasteiger partial charge >= 0.3 is 0 Å². The number of likely N-dealkylation sites (tertiary alicyclic amines) is 1. The number of ether oxygens (including phenoxy) is 1. The molecule has 0 aromatic carbocycles. The van der Waals surface area contributed by atoms with Crippen molar-refractivity contribution in [1.82, 2.24) is 4.90 Å². The van der Waals surface area contributed by atoms with Crippen molar-refractivity contribution in [3.05, 3.63) is 0 Å². The summed E-state index contributed by atoms with van der Waals surface area (Å²) in [4.78, 5) is 2.28. The summed E-state index contributed by atoms with van der Waals surface area (Å²) in [5.41, 5.74) is 5.96. The summed E-state index contributed by atoms with van der Waals surface area (Å²) in [7, 11) is 3.85. The van der Waals surface area contributed by atoms with E-state index in [0.29, 0.717) is 6.04 Å². The first kappa shape index (κ1) is 8.97. The second-order valence-electron chi connectivity index (χ2n) is 3.36. The number of piperidine rings is 1. The number of rotatable bonds is 1. The minimum Gasteiger partial charge on any atom is -0.380 e. The second-order valence-corrected chi connectivity index (χ2v) is 3.36. The number of methoxy groups -OCH3 is 1. The Morgan fingerprint density at radius 2 is 2.18 bits per heavy atom. The quantitative estimate of drug-likeness (QED) is 0.586. The lowest BCUT2D eigenvalue weighted by atomic mass is 9.96.